The summed E-state index contributed by atoms with van der Waals surface area (Å²) in [6, 6.07) is 106. The summed E-state index contributed by atoms with van der Waals surface area (Å²) in [7, 11) is 0. The quantitative estimate of drug-likeness (QED) is 0.0667. The molecule has 3 nitrogen and oxygen atoms in total. The van der Waals surface area contributed by atoms with Crippen molar-refractivity contribution in [1.29, 1.82) is 0 Å². The molecule has 1 aromatic heterocycles. The Bertz CT molecular complexity index is 4730. The summed E-state index contributed by atoms with van der Waals surface area (Å²) in [4.78, 5) is 2.47. The SMILES string of the molecule is C=Cc1ccc(-c2ccc(OCCCCCCCCC3(c4ccccc4)c4ccccc4-c4ccc(N(c5ccc(-c6ccc(C(C)(C)C)cc6)cc5)c5ccc(-c6ccc7c(c6)c6cc(-c8ccc(C=C)cc8)ccc6n7-c6ccccc6)cc5)cc43)cc2)cc1. The van der Waals surface area contributed by atoms with Crippen molar-refractivity contribution in [2.24, 2.45) is 0 Å². The number of aromatic nitrogens is 1. The number of para-hydroxylation sites is 1. The molecule has 0 radical (unpaired) electrons. The summed E-state index contributed by atoms with van der Waals surface area (Å²) in [6.07, 6.45) is 11.6. The van der Waals surface area contributed by atoms with E-state index in [1.807, 2.05) is 12.2 Å². The lowest BCUT2D eigenvalue weighted by Gasteiger charge is -2.34. The lowest BCUT2D eigenvalue weighted by atomic mass is 9.69. The van der Waals surface area contributed by atoms with Crippen LogP contribution in [0.25, 0.3) is 95.3 Å². The molecule has 1 heterocycles. The fourth-order valence-corrected chi connectivity index (χ4v) is 14.2. The molecule has 92 heavy (non-hydrogen) atoms. The summed E-state index contributed by atoms with van der Waals surface area (Å²) in [5.41, 5.74) is 26.4. The second-order valence-corrected chi connectivity index (χ2v) is 25.8. The number of rotatable bonds is 21. The minimum Gasteiger partial charge on any atom is -0.494 e. The van der Waals surface area contributed by atoms with Crippen LogP contribution in [0, 0.1) is 0 Å². The third kappa shape index (κ3) is 11.7. The van der Waals surface area contributed by atoms with Crippen LogP contribution < -0.4 is 9.64 Å². The van der Waals surface area contributed by atoms with E-state index in [0.717, 1.165) is 77.5 Å². The zero-order valence-corrected chi connectivity index (χ0v) is 53.2. The van der Waals surface area contributed by atoms with Crippen molar-refractivity contribution in [3.63, 3.8) is 0 Å². The van der Waals surface area contributed by atoms with E-state index in [-0.39, 0.29) is 10.8 Å². The van der Waals surface area contributed by atoms with E-state index in [2.05, 4.69) is 329 Å². The smallest absolute Gasteiger partial charge is 0.119 e. The Morgan fingerprint density at radius 1 is 0.391 bits per heavy atom. The van der Waals surface area contributed by atoms with Crippen LogP contribution in [0.1, 0.15) is 99.1 Å². The van der Waals surface area contributed by atoms with Crippen LogP contribution in [0.2, 0.25) is 0 Å². The monoisotopic (exact) mass is 1190 g/mol. The van der Waals surface area contributed by atoms with Gasteiger partial charge in [0.25, 0.3) is 0 Å². The van der Waals surface area contributed by atoms with Crippen molar-refractivity contribution in [3.8, 4) is 67.1 Å². The second kappa shape index (κ2) is 25.8. The number of hydrogen-bond donors (Lipinski definition) is 0. The molecule has 0 saturated heterocycles. The molecule has 3 heteroatoms. The number of fused-ring (bicyclic) bond motifs is 6. The Hall–Kier alpha value is -10.5. The average Bonchev–Trinajstić information content (AvgIpc) is 1.56. The van der Waals surface area contributed by atoms with Crippen LogP contribution in [0.15, 0.2) is 298 Å². The highest BCUT2D eigenvalue weighted by molar-refractivity contribution is 6.11. The third-order valence-corrected chi connectivity index (χ3v) is 19.1. The maximum Gasteiger partial charge on any atom is 0.119 e. The predicted octanol–water partition coefficient (Wildman–Crippen LogP) is 24.6. The van der Waals surface area contributed by atoms with Crippen molar-refractivity contribution < 1.29 is 4.74 Å². The first-order valence-electron chi connectivity index (χ1n) is 32.9. The fourth-order valence-electron chi connectivity index (χ4n) is 14.2. The molecule has 1 aliphatic rings. The van der Waals surface area contributed by atoms with Crippen molar-refractivity contribution >= 4 is 51.0 Å². The Morgan fingerprint density at radius 2 is 0.826 bits per heavy atom. The highest BCUT2D eigenvalue weighted by Gasteiger charge is 2.44. The maximum atomic E-state index is 6.24. The van der Waals surface area contributed by atoms with Gasteiger partial charge in [0.1, 0.15) is 5.75 Å². The number of hydrogen-bond acceptors (Lipinski definition) is 2. The van der Waals surface area contributed by atoms with Gasteiger partial charge in [0.05, 0.1) is 17.6 Å². The topological polar surface area (TPSA) is 17.4 Å². The molecule has 0 bridgehead atoms. The van der Waals surface area contributed by atoms with Gasteiger partial charge in [-0.15, -0.1) is 0 Å². The number of nitrogens with zero attached hydrogens (tertiary/aromatic N) is 2. The average molecular weight is 1190 g/mol. The molecule has 450 valence electrons. The Kier molecular flexibility index (Phi) is 16.6. The van der Waals surface area contributed by atoms with E-state index in [9.17, 15) is 0 Å². The Morgan fingerprint density at radius 3 is 1.37 bits per heavy atom. The van der Waals surface area contributed by atoms with Crippen LogP contribution in [0.5, 0.6) is 5.75 Å². The molecule has 0 saturated carbocycles. The van der Waals surface area contributed by atoms with Gasteiger partial charge in [-0.3, -0.25) is 0 Å². The van der Waals surface area contributed by atoms with Gasteiger partial charge in [0.15, 0.2) is 0 Å². The summed E-state index contributed by atoms with van der Waals surface area (Å²) in [6.45, 7) is 15.4. The maximum absolute atomic E-state index is 6.24. The molecule has 12 aromatic carbocycles. The number of unbranched alkanes of at least 4 members (excludes halogenated alkanes) is 5. The molecule has 13 aromatic rings. The van der Waals surface area contributed by atoms with Crippen LogP contribution in [-0.4, -0.2) is 11.2 Å². The van der Waals surface area contributed by atoms with Crippen LogP contribution >= 0.6 is 0 Å². The summed E-state index contributed by atoms with van der Waals surface area (Å²) in [5, 5.41) is 2.44. The van der Waals surface area contributed by atoms with E-state index < -0.39 is 0 Å². The van der Waals surface area contributed by atoms with Gasteiger partial charge in [-0.2, -0.15) is 0 Å². The Labute approximate surface area is 543 Å². The van der Waals surface area contributed by atoms with E-state index in [4.69, 9.17) is 4.74 Å². The molecule has 14 rings (SSSR count). The first-order chi connectivity index (χ1) is 45.1. The molecular formula is C89H78N2O. The van der Waals surface area contributed by atoms with Crippen LogP contribution in [-0.2, 0) is 10.8 Å². The minimum atomic E-state index is -0.334. The first kappa shape index (κ1) is 59.2. The second-order valence-electron chi connectivity index (χ2n) is 25.8. The third-order valence-electron chi connectivity index (χ3n) is 19.1. The van der Waals surface area contributed by atoms with Gasteiger partial charge in [-0.05, 0) is 192 Å². The van der Waals surface area contributed by atoms with Gasteiger partial charge < -0.3 is 14.2 Å². The summed E-state index contributed by atoms with van der Waals surface area (Å²) >= 11 is 0. The molecule has 1 unspecified atom stereocenters. The van der Waals surface area contributed by atoms with E-state index in [1.165, 1.54) is 113 Å². The minimum absolute atomic E-state index is 0.0826. The van der Waals surface area contributed by atoms with Gasteiger partial charge in [0, 0.05) is 38.9 Å². The van der Waals surface area contributed by atoms with Gasteiger partial charge in [-0.25, -0.2) is 0 Å². The van der Waals surface area contributed by atoms with Gasteiger partial charge in [-0.1, -0.05) is 278 Å². The molecule has 1 aliphatic carbocycles. The van der Waals surface area contributed by atoms with E-state index in [1.54, 1.807) is 0 Å². The molecule has 0 fully saturated rings. The van der Waals surface area contributed by atoms with Crippen molar-refractivity contribution in [3.05, 3.63) is 332 Å². The van der Waals surface area contributed by atoms with E-state index in [0.29, 0.717) is 0 Å². The number of anilines is 3. The summed E-state index contributed by atoms with van der Waals surface area (Å²) in [5.74, 6) is 0.926. The van der Waals surface area contributed by atoms with Crippen LogP contribution in [0.3, 0.4) is 0 Å². The normalized spacial score (nSPS) is 13.4. The van der Waals surface area contributed by atoms with Gasteiger partial charge >= 0.3 is 0 Å². The number of benzene rings is 12. The van der Waals surface area contributed by atoms with Gasteiger partial charge in [0.2, 0.25) is 0 Å². The standard InChI is InChI=1S/C89H78N2O/c1-6-63-28-32-65(33-29-63)68-42-53-79(54-43-68)92-59-21-11-9-8-10-20-58-89(74-22-14-12-15-23-74)84-27-19-18-26-80(84)81-55-52-78(62-85(81)89)90(76-48-38-67(39-49-76)66-36-46-73(47-37-66)88(3,4)5)77-50-40-70(41-51-77)72-45-57-87-83(61-72)82-60-71(69-34-30-64(7-2)31-35-69)44-56-86(82)91(87)75-24-16-13-17-25-75/h6-7,12-19,22-57,60-62H,1-2,8-11,20-21,58-59H2,3-5H3. The predicted molar refractivity (Wildman–Crippen MR) is 392 cm³/mol. The Balaban J connectivity index is 0.772. The molecule has 0 spiro atoms. The zero-order valence-electron chi connectivity index (χ0n) is 53.2. The van der Waals surface area contributed by atoms with Crippen molar-refractivity contribution in [2.75, 3.05) is 11.5 Å². The highest BCUT2D eigenvalue weighted by Crippen LogP contribution is 2.56. The summed E-state index contributed by atoms with van der Waals surface area (Å²) < 4.78 is 8.64. The van der Waals surface area contributed by atoms with E-state index >= 15 is 0 Å². The lowest BCUT2D eigenvalue weighted by molar-refractivity contribution is 0.304. The lowest BCUT2D eigenvalue weighted by Crippen LogP contribution is -2.27. The fraction of sp³-hybridized carbons (Fsp3) is 0.146. The van der Waals surface area contributed by atoms with Crippen LogP contribution in [0.4, 0.5) is 17.1 Å². The molecule has 0 N–H and O–H groups in total. The molecule has 1 atom stereocenters. The van der Waals surface area contributed by atoms with Crippen molar-refractivity contribution in [1.82, 2.24) is 4.57 Å². The largest absolute Gasteiger partial charge is 0.494 e. The molecule has 0 amide bonds. The zero-order chi connectivity index (χ0) is 62.6. The molecular weight excluding hydrogens is 1110 g/mol. The number of ether oxygens (including phenoxy) is 1. The first-order valence-corrected chi connectivity index (χ1v) is 32.9. The van der Waals surface area contributed by atoms with Crippen molar-refractivity contribution in [2.45, 2.75) is 76.5 Å². The molecule has 0 aliphatic heterocycles. The highest BCUT2D eigenvalue weighted by atomic mass is 16.5.